The zero-order valence-corrected chi connectivity index (χ0v) is 11.9. The van der Waals surface area contributed by atoms with Crippen molar-refractivity contribution < 1.29 is 19.4 Å². The van der Waals surface area contributed by atoms with E-state index in [1.807, 2.05) is 0 Å². The number of urea groups is 1. The maximum Gasteiger partial charge on any atom is 0.315 e. The Kier molecular flexibility index (Phi) is 5.60. The predicted molar refractivity (Wildman–Crippen MR) is 71.0 cm³/mol. The molecular formula is C13H24N2O4. The first kappa shape index (κ1) is 15.8. The highest BCUT2D eigenvalue weighted by Crippen LogP contribution is 2.36. The largest absolute Gasteiger partial charge is 0.481 e. The fourth-order valence-corrected chi connectivity index (χ4v) is 2.44. The summed E-state index contributed by atoms with van der Waals surface area (Å²) in [6.07, 6.45) is 2.60. The number of aliphatic carboxylic acids is 1. The van der Waals surface area contributed by atoms with Gasteiger partial charge in [-0.1, -0.05) is 20.3 Å². The van der Waals surface area contributed by atoms with Crippen LogP contribution in [0.1, 0.15) is 39.5 Å². The third kappa shape index (κ3) is 5.06. The average molecular weight is 272 g/mol. The van der Waals surface area contributed by atoms with E-state index in [2.05, 4.69) is 24.5 Å². The molecular weight excluding hydrogens is 248 g/mol. The van der Waals surface area contributed by atoms with Gasteiger partial charge in [-0.15, -0.1) is 0 Å². The summed E-state index contributed by atoms with van der Waals surface area (Å²) in [6.45, 7) is 4.49. The first-order chi connectivity index (χ1) is 8.85. The zero-order chi connectivity index (χ0) is 14.5. The molecule has 0 aliphatic heterocycles. The summed E-state index contributed by atoms with van der Waals surface area (Å²) in [7, 11) is 1.44. The fourth-order valence-electron chi connectivity index (χ4n) is 2.44. The lowest BCUT2D eigenvalue weighted by Gasteiger charge is -2.28. The van der Waals surface area contributed by atoms with Crippen LogP contribution >= 0.6 is 0 Å². The molecule has 0 saturated heterocycles. The van der Waals surface area contributed by atoms with Crippen molar-refractivity contribution in [3.63, 3.8) is 0 Å². The number of ether oxygens (including phenoxy) is 1. The molecule has 1 rings (SSSR count). The van der Waals surface area contributed by atoms with Gasteiger partial charge in [0.05, 0.1) is 12.5 Å². The van der Waals surface area contributed by atoms with Gasteiger partial charge in [0.25, 0.3) is 0 Å². The molecule has 19 heavy (non-hydrogen) atoms. The van der Waals surface area contributed by atoms with Crippen molar-refractivity contribution in [2.24, 2.45) is 5.41 Å². The first-order valence-corrected chi connectivity index (χ1v) is 6.64. The Labute approximate surface area is 113 Å². The minimum atomic E-state index is -0.939. The number of carbonyl (C=O) groups excluding carboxylic acids is 1. The highest BCUT2D eigenvalue weighted by Gasteiger charge is 2.35. The molecule has 110 valence electrons. The van der Waals surface area contributed by atoms with Crippen LogP contribution in [-0.2, 0) is 9.53 Å². The van der Waals surface area contributed by atoms with Crippen LogP contribution in [0.2, 0.25) is 0 Å². The Balaban J connectivity index is 2.33. The lowest BCUT2D eigenvalue weighted by atomic mass is 9.87. The van der Waals surface area contributed by atoms with Crippen LogP contribution in [0.3, 0.4) is 0 Å². The highest BCUT2D eigenvalue weighted by atomic mass is 16.5. The van der Waals surface area contributed by atoms with Crippen molar-refractivity contribution >= 4 is 12.0 Å². The summed E-state index contributed by atoms with van der Waals surface area (Å²) in [6, 6.07) is -0.0830. The van der Waals surface area contributed by atoms with Gasteiger partial charge in [0.2, 0.25) is 0 Å². The van der Waals surface area contributed by atoms with Gasteiger partial charge in [-0.25, -0.2) is 4.79 Å². The van der Waals surface area contributed by atoms with E-state index in [9.17, 15) is 9.59 Å². The number of hydrogen-bond donors (Lipinski definition) is 3. The van der Waals surface area contributed by atoms with Crippen LogP contribution < -0.4 is 10.6 Å². The Morgan fingerprint density at radius 2 is 2.16 bits per heavy atom. The molecule has 1 aliphatic rings. The number of amides is 2. The molecule has 1 aliphatic carbocycles. The van der Waals surface area contributed by atoms with Crippen LogP contribution in [-0.4, -0.2) is 42.9 Å². The SMILES string of the molecule is COC(CNC(=O)NC1CCCC1(C)C)CC(=O)O. The maximum absolute atomic E-state index is 11.8. The molecule has 2 atom stereocenters. The van der Waals surface area contributed by atoms with Gasteiger partial charge in [0.15, 0.2) is 0 Å². The monoisotopic (exact) mass is 272 g/mol. The predicted octanol–water partition coefficient (Wildman–Crippen LogP) is 1.35. The van der Waals surface area contributed by atoms with Crippen LogP contribution in [0.5, 0.6) is 0 Å². The summed E-state index contributed by atoms with van der Waals surface area (Å²) >= 11 is 0. The summed E-state index contributed by atoms with van der Waals surface area (Å²) < 4.78 is 5.00. The Morgan fingerprint density at radius 3 is 2.63 bits per heavy atom. The molecule has 6 nitrogen and oxygen atoms in total. The van der Waals surface area contributed by atoms with E-state index in [4.69, 9.17) is 9.84 Å². The second-order valence-corrected chi connectivity index (χ2v) is 5.74. The lowest BCUT2D eigenvalue weighted by Crippen LogP contribution is -2.48. The number of carboxylic acid groups (broad SMARTS) is 1. The molecule has 0 aromatic heterocycles. The minimum absolute atomic E-state index is 0.119. The quantitative estimate of drug-likeness (QED) is 0.681. The molecule has 6 heteroatoms. The Morgan fingerprint density at radius 1 is 1.47 bits per heavy atom. The van der Waals surface area contributed by atoms with E-state index in [1.165, 1.54) is 7.11 Å². The van der Waals surface area contributed by atoms with Crippen molar-refractivity contribution in [2.75, 3.05) is 13.7 Å². The second-order valence-electron chi connectivity index (χ2n) is 5.74. The molecule has 0 aromatic carbocycles. The van der Waals surface area contributed by atoms with Gasteiger partial charge >= 0.3 is 12.0 Å². The molecule has 0 radical (unpaired) electrons. The third-order valence-electron chi connectivity index (χ3n) is 3.79. The molecule has 1 saturated carbocycles. The molecule has 0 aromatic rings. The second kappa shape index (κ2) is 6.75. The number of methoxy groups -OCH3 is 1. The van der Waals surface area contributed by atoms with Crippen molar-refractivity contribution in [1.82, 2.24) is 10.6 Å². The molecule has 3 N–H and O–H groups in total. The van der Waals surface area contributed by atoms with Crippen molar-refractivity contribution in [3.05, 3.63) is 0 Å². The summed E-state index contributed by atoms with van der Waals surface area (Å²) in [5, 5.41) is 14.3. The van der Waals surface area contributed by atoms with E-state index in [0.29, 0.717) is 0 Å². The van der Waals surface area contributed by atoms with Gasteiger partial charge in [0, 0.05) is 19.7 Å². The number of rotatable bonds is 6. The normalized spacial score (nSPS) is 22.8. The fraction of sp³-hybridized carbons (Fsp3) is 0.846. The van der Waals surface area contributed by atoms with E-state index < -0.39 is 12.1 Å². The van der Waals surface area contributed by atoms with Crippen molar-refractivity contribution in [2.45, 2.75) is 51.7 Å². The topological polar surface area (TPSA) is 87.7 Å². The van der Waals surface area contributed by atoms with Crippen LogP contribution in [0.25, 0.3) is 0 Å². The standard InChI is InChI=1S/C13H24N2O4/c1-13(2)6-4-5-10(13)15-12(18)14-8-9(19-3)7-11(16)17/h9-10H,4-8H2,1-3H3,(H,16,17)(H2,14,15,18). The minimum Gasteiger partial charge on any atom is -0.481 e. The summed E-state index contributed by atoms with van der Waals surface area (Å²) in [5.41, 5.74) is 0.124. The average Bonchev–Trinajstić information content (AvgIpc) is 2.63. The van der Waals surface area contributed by atoms with E-state index in [1.54, 1.807) is 0 Å². The molecule has 0 heterocycles. The van der Waals surface area contributed by atoms with Crippen molar-refractivity contribution in [3.8, 4) is 0 Å². The summed E-state index contributed by atoms with van der Waals surface area (Å²) in [5.74, 6) is -0.939. The highest BCUT2D eigenvalue weighted by molar-refractivity contribution is 5.74. The lowest BCUT2D eigenvalue weighted by molar-refractivity contribution is -0.139. The van der Waals surface area contributed by atoms with Crippen LogP contribution in [0.15, 0.2) is 0 Å². The number of nitrogens with one attached hydrogen (secondary N) is 2. The first-order valence-electron chi connectivity index (χ1n) is 6.64. The Hall–Kier alpha value is -1.30. The third-order valence-corrected chi connectivity index (χ3v) is 3.79. The zero-order valence-electron chi connectivity index (χ0n) is 11.9. The Bertz CT molecular complexity index is 331. The van der Waals surface area contributed by atoms with Gasteiger partial charge in [-0.3, -0.25) is 4.79 Å². The molecule has 1 fully saturated rings. The number of carboxylic acids is 1. The molecule has 2 unspecified atom stereocenters. The van der Waals surface area contributed by atoms with Crippen molar-refractivity contribution in [1.29, 1.82) is 0 Å². The van der Waals surface area contributed by atoms with Crippen LogP contribution in [0, 0.1) is 5.41 Å². The summed E-state index contributed by atoms with van der Waals surface area (Å²) in [4.78, 5) is 22.3. The van der Waals surface area contributed by atoms with E-state index >= 15 is 0 Å². The molecule has 0 spiro atoms. The maximum atomic E-state index is 11.8. The smallest absolute Gasteiger partial charge is 0.315 e. The van der Waals surface area contributed by atoms with Gasteiger partial charge in [-0.2, -0.15) is 0 Å². The van der Waals surface area contributed by atoms with E-state index in [0.717, 1.165) is 19.3 Å². The van der Waals surface area contributed by atoms with E-state index in [-0.39, 0.29) is 30.5 Å². The number of hydrogen-bond acceptors (Lipinski definition) is 3. The molecule has 0 bridgehead atoms. The van der Waals surface area contributed by atoms with Gasteiger partial charge in [0.1, 0.15) is 0 Å². The van der Waals surface area contributed by atoms with Crippen LogP contribution in [0.4, 0.5) is 4.79 Å². The van der Waals surface area contributed by atoms with Gasteiger partial charge in [-0.05, 0) is 18.3 Å². The molecule has 2 amide bonds. The number of carbonyl (C=O) groups is 2. The van der Waals surface area contributed by atoms with Gasteiger partial charge < -0.3 is 20.5 Å².